The third kappa shape index (κ3) is 5.37. The normalized spacial score (nSPS) is 19.4. The molecule has 5 nitrogen and oxygen atoms in total. The summed E-state index contributed by atoms with van der Waals surface area (Å²) in [5.41, 5.74) is 5.54. The van der Waals surface area contributed by atoms with Crippen molar-refractivity contribution in [3.05, 3.63) is 0 Å². The molecule has 1 aliphatic rings. The summed E-state index contributed by atoms with van der Waals surface area (Å²) in [6, 6.07) is 0.264. The molecule has 0 saturated carbocycles. The standard InChI is InChI=1S/C11H21N3O2.ClH/c1-9(15)13-8-11(16)14-7-3-2-4-10(14)5-6-12;/h10H,2-8,12H2,1H3,(H,13,15);1H. The molecule has 6 heteroatoms. The summed E-state index contributed by atoms with van der Waals surface area (Å²) >= 11 is 0. The molecular weight excluding hydrogens is 242 g/mol. The van der Waals surface area contributed by atoms with Gasteiger partial charge in [0.15, 0.2) is 0 Å². The lowest BCUT2D eigenvalue weighted by Gasteiger charge is -2.35. The minimum absolute atomic E-state index is 0. The highest BCUT2D eigenvalue weighted by Gasteiger charge is 2.25. The highest BCUT2D eigenvalue weighted by molar-refractivity contribution is 5.85. The Morgan fingerprint density at radius 3 is 2.71 bits per heavy atom. The Hall–Kier alpha value is -0.810. The summed E-state index contributed by atoms with van der Waals surface area (Å²) in [6.45, 7) is 2.93. The van der Waals surface area contributed by atoms with Crippen molar-refractivity contribution < 1.29 is 9.59 Å². The average Bonchev–Trinajstić information content (AvgIpc) is 2.27. The molecule has 0 aromatic heterocycles. The number of rotatable bonds is 4. The van der Waals surface area contributed by atoms with Crippen LogP contribution >= 0.6 is 12.4 Å². The number of likely N-dealkylation sites (tertiary alicyclic amines) is 1. The molecule has 0 aromatic rings. The minimum atomic E-state index is -0.166. The predicted octanol–water partition coefficient (Wildman–Crippen LogP) is 0.274. The van der Waals surface area contributed by atoms with E-state index in [0.29, 0.717) is 6.54 Å². The van der Waals surface area contributed by atoms with E-state index in [1.165, 1.54) is 6.92 Å². The quantitative estimate of drug-likeness (QED) is 0.765. The van der Waals surface area contributed by atoms with Crippen LogP contribution in [0.25, 0.3) is 0 Å². The molecule has 1 fully saturated rings. The number of carbonyl (C=O) groups excluding carboxylic acids is 2. The largest absolute Gasteiger partial charge is 0.347 e. The van der Waals surface area contributed by atoms with Crippen molar-refractivity contribution in [2.24, 2.45) is 5.73 Å². The van der Waals surface area contributed by atoms with Crippen LogP contribution in [-0.4, -0.2) is 42.4 Å². The van der Waals surface area contributed by atoms with Crippen molar-refractivity contribution in [2.75, 3.05) is 19.6 Å². The number of nitrogens with zero attached hydrogens (tertiary/aromatic N) is 1. The molecule has 1 heterocycles. The van der Waals surface area contributed by atoms with Gasteiger partial charge in [0, 0.05) is 19.5 Å². The van der Waals surface area contributed by atoms with Gasteiger partial charge in [-0.2, -0.15) is 0 Å². The van der Waals surface area contributed by atoms with E-state index in [9.17, 15) is 9.59 Å². The molecule has 1 rings (SSSR count). The number of hydrogen-bond acceptors (Lipinski definition) is 3. The van der Waals surface area contributed by atoms with E-state index in [1.54, 1.807) is 0 Å². The van der Waals surface area contributed by atoms with Crippen molar-refractivity contribution in [1.82, 2.24) is 10.2 Å². The smallest absolute Gasteiger partial charge is 0.242 e. The Labute approximate surface area is 109 Å². The van der Waals surface area contributed by atoms with Gasteiger partial charge in [-0.05, 0) is 32.2 Å². The number of amides is 2. The Morgan fingerprint density at radius 2 is 2.12 bits per heavy atom. The van der Waals surface area contributed by atoms with Crippen LogP contribution in [0.5, 0.6) is 0 Å². The molecule has 1 aliphatic heterocycles. The molecule has 0 aliphatic carbocycles. The molecule has 0 radical (unpaired) electrons. The molecule has 3 N–H and O–H groups in total. The SMILES string of the molecule is CC(=O)NCC(=O)N1CCCCC1CCN.Cl. The lowest BCUT2D eigenvalue weighted by molar-refractivity contribution is -0.135. The van der Waals surface area contributed by atoms with Gasteiger partial charge in [-0.15, -0.1) is 12.4 Å². The minimum Gasteiger partial charge on any atom is -0.347 e. The zero-order chi connectivity index (χ0) is 12.0. The molecular formula is C11H22ClN3O2. The maximum atomic E-state index is 11.9. The third-order valence-corrected chi connectivity index (χ3v) is 2.94. The molecule has 100 valence electrons. The fourth-order valence-corrected chi connectivity index (χ4v) is 2.12. The van der Waals surface area contributed by atoms with E-state index in [4.69, 9.17) is 5.73 Å². The van der Waals surface area contributed by atoms with E-state index >= 15 is 0 Å². The number of halogens is 1. The number of nitrogens with one attached hydrogen (secondary N) is 1. The van der Waals surface area contributed by atoms with E-state index < -0.39 is 0 Å². The molecule has 1 saturated heterocycles. The number of carbonyl (C=O) groups is 2. The number of piperidine rings is 1. The summed E-state index contributed by atoms with van der Waals surface area (Å²) in [5, 5.41) is 2.54. The fourth-order valence-electron chi connectivity index (χ4n) is 2.12. The van der Waals surface area contributed by atoms with Gasteiger partial charge < -0.3 is 16.0 Å². The van der Waals surface area contributed by atoms with Crippen LogP contribution in [0.3, 0.4) is 0 Å². The van der Waals surface area contributed by atoms with E-state index in [-0.39, 0.29) is 36.8 Å². The van der Waals surface area contributed by atoms with Crippen LogP contribution in [0, 0.1) is 0 Å². The van der Waals surface area contributed by atoms with Crippen LogP contribution in [-0.2, 0) is 9.59 Å². The summed E-state index contributed by atoms with van der Waals surface area (Å²) in [5.74, 6) is -0.158. The predicted molar refractivity (Wildman–Crippen MR) is 69.0 cm³/mol. The Balaban J connectivity index is 0.00000256. The van der Waals surface area contributed by atoms with Gasteiger partial charge in [0.05, 0.1) is 6.54 Å². The van der Waals surface area contributed by atoms with Crippen LogP contribution in [0.2, 0.25) is 0 Å². The maximum absolute atomic E-state index is 11.9. The summed E-state index contributed by atoms with van der Waals surface area (Å²) in [6.07, 6.45) is 4.09. The molecule has 0 aromatic carbocycles. The zero-order valence-electron chi connectivity index (χ0n) is 10.3. The third-order valence-electron chi connectivity index (χ3n) is 2.94. The first-order valence-corrected chi connectivity index (χ1v) is 5.89. The molecule has 0 bridgehead atoms. The number of hydrogen-bond donors (Lipinski definition) is 2. The van der Waals surface area contributed by atoms with Crippen LogP contribution in [0.15, 0.2) is 0 Å². The molecule has 2 amide bonds. The highest BCUT2D eigenvalue weighted by Crippen LogP contribution is 2.19. The first-order valence-electron chi connectivity index (χ1n) is 5.89. The van der Waals surface area contributed by atoms with Gasteiger partial charge in [-0.3, -0.25) is 9.59 Å². The number of nitrogens with two attached hydrogens (primary N) is 1. The fraction of sp³-hybridized carbons (Fsp3) is 0.818. The van der Waals surface area contributed by atoms with Crippen molar-refractivity contribution >= 4 is 24.2 Å². The summed E-state index contributed by atoms with van der Waals surface area (Å²) in [7, 11) is 0. The molecule has 1 unspecified atom stereocenters. The second kappa shape index (κ2) is 8.31. The van der Waals surface area contributed by atoms with Crippen molar-refractivity contribution in [3.63, 3.8) is 0 Å². The van der Waals surface area contributed by atoms with Crippen molar-refractivity contribution in [3.8, 4) is 0 Å². The Morgan fingerprint density at radius 1 is 1.41 bits per heavy atom. The molecule has 1 atom stereocenters. The maximum Gasteiger partial charge on any atom is 0.242 e. The van der Waals surface area contributed by atoms with Gasteiger partial charge in [-0.25, -0.2) is 0 Å². The van der Waals surface area contributed by atoms with E-state index in [1.807, 2.05) is 4.90 Å². The highest BCUT2D eigenvalue weighted by atomic mass is 35.5. The monoisotopic (exact) mass is 263 g/mol. The summed E-state index contributed by atoms with van der Waals surface area (Å²) in [4.78, 5) is 24.5. The first kappa shape index (κ1) is 16.2. The van der Waals surface area contributed by atoms with Gasteiger partial charge in [0.1, 0.15) is 0 Å². The molecule has 0 spiro atoms. The van der Waals surface area contributed by atoms with Crippen molar-refractivity contribution in [1.29, 1.82) is 0 Å². The topological polar surface area (TPSA) is 75.4 Å². The van der Waals surface area contributed by atoms with Crippen LogP contribution in [0.1, 0.15) is 32.6 Å². The first-order chi connectivity index (χ1) is 7.65. The van der Waals surface area contributed by atoms with Crippen LogP contribution < -0.4 is 11.1 Å². The van der Waals surface area contributed by atoms with Crippen molar-refractivity contribution in [2.45, 2.75) is 38.6 Å². The van der Waals surface area contributed by atoms with Crippen LogP contribution in [0.4, 0.5) is 0 Å². The lowest BCUT2D eigenvalue weighted by Crippen LogP contribution is -2.48. The second-order valence-corrected chi connectivity index (χ2v) is 4.22. The van der Waals surface area contributed by atoms with E-state index in [2.05, 4.69) is 5.32 Å². The lowest BCUT2D eigenvalue weighted by atomic mass is 9.99. The Bertz CT molecular complexity index is 259. The van der Waals surface area contributed by atoms with Gasteiger partial charge >= 0.3 is 0 Å². The van der Waals surface area contributed by atoms with E-state index in [0.717, 1.165) is 32.2 Å². The van der Waals surface area contributed by atoms with Gasteiger partial charge in [0.25, 0.3) is 0 Å². The van der Waals surface area contributed by atoms with Gasteiger partial charge in [-0.1, -0.05) is 0 Å². The van der Waals surface area contributed by atoms with Gasteiger partial charge in [0.2, 0.25) is 11.8 Å². The average molecular weight is 264 g/mol. The zero-order valence-corrected chi connectivity index (χ0v) is 11.1. The Kier molecular flexibility index (Phi) is 7.91. The summed E-state index contributed by atoms with van der Waals surface area (Å²) < 4.78 is 0. The second-order valence-electron chi connectivity index (χ2n) is 4.22. The molecule has 17 heavy (non-hydrogen) atoms.